The predicted octanol–water partition coefficient (Wildman–Crippen LogP) is 3.33. The lowest BCUT2D eigenvalue weighted by Gasteiger charge is -2.11. The number of halogens is 1. The van der Waals surface area contributed by atoms with Crippen molar-refractivity contribution in [2.24, 2.45) is 0 Å². The predicted molar refractivity (Wildman–Crippen MR) is 78.1 cm³/mol. The third kappa shape index (κ3) is 3.43. The maximum absolute atomic E-state index is 5.84. The Kier molecular flexibility index (Phi) is 4.55. The molecule has 0 radical (unpaired) electrons. The summed E-state index contributed by atoms with van der Waals surface area (Å²) in [6.45, 7) is 1.76. The lowest BCUT2D eigenvalue weighted by atomic mass is 10.2. The normalized spacial score (nSPS) is 11.1. The highest BCUT2D eigenvalue weighted by Gasteiger charge is 2.03. The highest BCUT2D eigenvalue weighted by Crippen LogP contribution is 2.26. The molecule has 1 aromatic heterocycles. The van der Waals surface area contributed by atoms with Crippen LogP contribution in [-0.2, 0) is 0 Å². The molecule has 0 saturated heterocycles. The molecule has 96 valence electrons. The first-order valence-electron chi connectivity index (χ1n) is 5.98. The third-order valence-corrected chi connectivity index (χ3v) is 3.16. The van der Waals surface area contributed by atoms with Gasteiger partial charge in [-0.1, -0.05) is 15.9 Å². The second-order valence-electron chi connectivity index (χ2n) is 4.48. The van der Waals surface area contributed by atoms with Gasteiger partial charge >= 0.3 is 0 Å². The lowest BCUT2D eigenvalue weighted by Crippen LogP contribution is -2.15. The molecular weight excluding hydrogens is 292 g/mol. The molecule has 18 heavy (non-hydrogen) atoms. The standard InChI is InChI=1S/C14H17BrN2O/c1-17(2)8-3-9-18-14-6-7-16-13-5-4-11(15)10-12(13)14/h4-7,10H,3,8-9H2,1-2H3. The van der Waals surface area contributed by atoms with Crippen LogP contribution in [0.5, 0.6) is 5.75 Å². The zero-order chi connectivity index (χ0) is 13.0. The molecule has 0 spiro atoms. The summed E-state index contributed by atoms with van der Waals surface area (Å²) in [4.78, 5) is 6.49. The first kappa shape index (κ1) is 13.3. The van der Waals surface area contributed by atoms with Crippen molar-refractivity contribution in [2.45, 2.75) is 6.42 Å². The monoisotopic (exact) mass is 308 g/mol. The number of hydrogen-bond acceptors (Lipinski definition) is 3. The summed E-state index contributed by atoms with van der Waals surface area (Å²) in [5, 5.41) is 1.05. The van der Waals surface area contributed by atoms with Gasteiger partial charge in [-0.15, -0.1) is 0 Å². The quantitative estimate of drug-likeness (QED) is 0.792. The SMILES string of the molecule is CN(C)CCCOc1ccnc2ccc(Br)cc12. The minimum atomic E-state index is 0.726. The molecule has 1 heterocycles. The van der Waals surface area contributed by atoms with Gasteiger partial charge in [-0.2, -0.15) is 0 Å². The topological polar surface area (TPSA) is 25.4 Å². The number of pyridine rings is 1. The van der Waals surface area contributed by atoms with Crippen LogP contribution in [0.15, 0.2) is 34.9 Å². The Balaban J connectivity index is 2.10. The van der Waals surface area contributed by atoms with Crippen molar-refractivity contribution in [3.63, 3.8) is 0 Å². The molecule has 0 fully saturated rings. The summed E-state index contributed by atoms with van der Waals surface area (Å²) in [5.41, 5.74) is 0.961. The molecule has 1 aromatic carbocycles. The van der Waals surface area contributed by atoms with Crippen molar-refractivity contribution < 1.29 is 4.74 Å². The molecule has 0 aliphatic rings. The highest BCUT2D eigenvalue weighted by atomic mass is 79.9. The zero-order valence-electron chi connectivity index (χ0n) is 10.7. The molecule has 4 heteroatoms. The van der Waals surface area contributed by atoms with Crippen LogP contribution in [0.2, 0.25) is 0 Å². The smallest absolute Gasteiger partial charge is 0.130 e. The summed E-state index contributed by atoms with van der Waals surface area (Å²) in [6, 6.07) is 7.95. The van der Waals surface area contributed by atoms with Crippen molar-refractivity contribution >= 4 is 26.8 Å². The average molecular weight is 309 g/mol. The van der Waals surface area contributed by atoms with Crippen LogP contribution in [0.25, 0.3) is 10.9 Å². The Morgan fingerprint density at radius 1 is 1.28 bits per heavy atom. The summed E-state index contributed by atoms with van der Waals surface area (Å²) < 4.78 is 6.88. The zero-order valence-corrected chi connectivity index (χ0v) is 12.3. The molecule has 0 aliphatic heterocycles. The van der Waals surface area contributed by atoms with Crippen molar-refractivity contribution in [3.8, 4) is 5.75 Å². The fourth-order valence-electron chi connectivity index (χ4n) is 1.78. The van der Waals surface area contributed by atoms with Crippen molar-refractivity contribution in [1.82, 2.24) is 9.88 Å². The van der Waals surface area contributed by atoms with Crippen LogP contribution in [0.4, 0.5) is 0 Å². The van der Waals surface area contributed by atoms with Crippen molar-refractivity contribution in [3.05, 3.63) is 34.9 Å². The van der Waals surface area contributed by atoms with E-state index in [1.165, 1.54) is 0 Å². The van der Waals surface area contributed by atoms with E-state index in [0.29, 0.717) is 0 Å². The van der Waals surface area contributed by atoms with Gasteiger partial charge in [0.2, 0.25) is 0 Å². The third-order valence-electron chi connectivity index (χ3n) is 2.67. The molecule has 3 nitrogen and oxygen atoms in total. The number of ether oxygens (including phenoxy) is 1. The maximum atomic E-state index is 5.84. The van der Waals surface area contributed by atoms with Crippen LogP contribution >= 0.6 is 15.9 Å². The van der Waals surface area contributed by atoms with E-state index >= 15 is 0 Å². The van der Waals surface area contributed by atoms with Gasteiger partial charge in [0, 0.05) is 22.6 Å². The van der Waals surface area contributed by atoms with Gasteiger partial charge in [0.25, 0.3) is 0 Å². The molecule has 0 saturated carbocycles. The number of nitrogens with zero attached hydrogens (tertiary/aromatic N) is 2. The Morgan fingerprint density at radius 3 is 2.89 bits per heavy atom. The van der Waals surface area contributed by atoms with E-state index in [9.17, 15) is 0 Å². The maximum Gasteiger partial charge on any atom is 0.130 e. The second kappa shape index (κ2) is 6.16. The van der Waals surface area contributed by atoms with Gasteiger partial charge in [0.1, 0.15) is 5.75 Å². The first-order valence-corrected chi connectivity index (χ1v) is 6.78. The minimum absolute atomic E-state index is 0.726. The molecule has 0 atom stereocenters. The summed E-state index contributed by atoms with van der Waals surface area (Å²) in [5.74, 6) is 0.903. The summed E-state index contributed by atoms with van der Waals surface area (Å²) >= 11 is 3.48. The molecule has 2 aromatic rings. The highest BCUT2D eigenvalue weighted by molar-refractivity contribution is 9.10. The van der Waals surface area contributed by atoms with Gasteiger partial charge in [0.15, 0.2) is 0 Å². The fraction of sp³-hybridized carbons (Fsp3) is 0.357. The Bertz CT molecular complexity index is 528. The number of hydrogen-bond donors (Lipinski definition) is 0. The molecule has 0 amide bonds. The van der Waals surface area contributed by atoms with Crippen molar-refractivity contribution in [2.75, 3.05) is 27.2 Å². The van der Waals surface area contributed by atoms with Gasteiger partial charge in [-0.05, 0) is 44.8 Å². The van der Waals surface area contributed by atoms with Gasteiger partial charge in [-0.3, -0.25) is 4.98 Å². The van der Waals surface area contributed by atoms with Crippen LogP contribution in [0, 0.1) is 0 Å². The van der Waals surface area contributed by atoms with Gasteiger partial charge in [-0.25, -0.2) is 0 Å². The van der Waals surface area contributed by atoms with E-state index in [0.717, 1.165) is 40.7 Å². The Hall–Kier alpha value is -1.13. The number of rotatable bonds is 5. The van der Waals surface area contributed by atoms with E-state index in [1.807, 2.05) is 24.3 Å². The number of fused-ring (bicyclic) bond motifs is 1. The van der Waals surface area contributed by atoms with Crippen LogP contribution in [-0.4, -0.2) is 37.1 Å². The largest absolute Gasteiger partial charge is 0.493 e. The summed E-state index contributed by atoms with van der Waals surface area (Å²) in [7, 11) is 4.14. The lowest BCUT2D eigenvalue weighted by molar-refractivity contribution is 0.284. The van der Waals surface area contributed by atoms with E-state index in [4.69, 9.17) is 4.74 Å². The first-order chi connectivity index (χ1) is 8.66. The van der Waals surface area contributed by atoms with Gasteiger partial charge in [0.05, 0.1) is 12.1 Å². The second-order valence-corrected chi connectivity index (χ2v) is 5.39. The fourth-order valence-corrected chi connectivity index (χ4v) is 2.14. The molecule has 0 bridgehead atoms. The average Bonchev–Trinajstić information content (AvgIpc) is 2.34. The minimum Gasteiger partial charge on any atom is -0.493 e. The number of benzene rings is 1. The summed E-state index contributed by atoms with van der Waals surface area (Å²) in [6.07, 6.45) is 2.81. The molecule has 2 rings (SSSR count). The van der Waals surface area contributed by atoms with Crippen molar-refractivity contribution in [1.29, 1.82) is 0 Å². The van der Waals surface area contributed by atoms with Crippen LogP contribution in [0.3, 0.4) is 0 Å². The van der Waals surface area contributed by atoms with Crippen LogP contribution in [0.1, 0.15) is 6.42 Å². The molecule has 0 unspecified atom stereocenters. The number of aromatic nitrogens is 1. The van der Waals surface area contributed by atoms with E-state index in [-0.39, 0.29) is 0 Å². The molecule has 0 N–H and O–H groups in total. The Labute approximate surface area is 116 Å². The Morgan fingerprint density at radius 2 is 2.11 bits per heavy atom. The molecular formula is C14H17BrN2O. The van der Waals surface area contributed by atoms with Gasteiger partial charge < -0.3 is 9.64 Å². The van der Waals surface area contributed by atoms with E-state index < -0.39 is 0 Å². The molecule has 0 aliphatic carbocycles. The van der Waals surface area contributed by atoms with E-state index in [1.54, 1.807) is 6.20 Å². The van der Waals surface area contributed by atoms with E-state index in [2.05, 4.69) is 39.9 Å². The van der Waals surface area contributed by atoms with Crippen LogP contribution < -0.4 is 4.74 Å².